The lowest BCUT2D eigenvalue weighted by atomic mass is 10.1. The van der Waals surface area contributed by atoms with Crippen LogP contribution in [0.3, 0.4) is 0 Å². The summed E-state index contributed by atoms with van der Waals surface area (Å²) in [5, 5.41) is 2.55. The molecule has 5 nitrogen and oxygen atoms in total. The van der Waals surface area contributed by atoms with Crippen LogP contribution in [0.2, 0.25) is 0 Å². The van der Waals surface area contributed by atoms with Gasteiger partial charge in [0.25, 0.3) is 11.5 Å². The van der Waals surface area contributed by atoms with Gasteiger partial charge in [-0.3, -0.25) is 14.3 Å². The third-order valence-electron chi connectivity index (χ3n) is 5.09. The summed E-state index contributed by atoms with van der Waals surface area (Å²) in [7, 11) is 0. The number of alkyl halides is 3. The summed E-state index contributed by atoms with van der Waals surface area (Å²) < 4.78 is 68.7. The highest BCUT2D eigenvalue weighted by Gasteiger charge is 2.30. The Morgan fingerprint density at radius 3 is 2.20 bits per heavy atom. The van der Waals surface area contributed by atoms with Gasteiger partial charge in [0.1, 0.15) is 17.1 Å². The molecule has 0 radical (unpaired) electrons. The molecule has 11 heteroatoms. The fraction of sp³-hybridized carbons (Fsp3) is 0.0833. The van der Waals surface area contributed by atoms with Crippen molar-refractivity contribution >= 4 is 24.2 Å². The third-order valence-corrected chi connectivity index (χ3v) is 5.39. The predicted octanol–water partition coefficient (Wildman–Crippen LogP) is 5.53. The van der Waals surface area contributed by atoms with Crippen LogP contribution in [0, 0.1) is 11.6 Å². The highest BCUT2D eigenvalue weighted by atomic mass is 32.1. The van der Waals surface area contributed by atoms with Crippen molar-refractivity contribution < 1.29 is 26.7 Å². The van der Waals surface area contributed by atoms with Crippen molar-refractivity contribution in [3.8, 4) is 5.69 Å². The molecule has 0 spiro atoms. The van der Waals surface area contributed by atoms with Crippen LogP contribution in [0.4, 0.5) is 27.6 Å². The molecule has 0 saturated heterocycles. The van der Waals surface area contributed by atoms with Gasteiger partial charge in [0.15, 0.2) is 5.82 Å². The van der Waals surface area contributed by atoms with Crippen molar-refractivity contribution in [1.82, 2.24) is 9.36 Å². The number of amides is 1. The number of halogens is 5. The number of nitrogens with one attached hydrogen (secondary N) is 1. The molecule has 0 atom stereocenters. The van der Waals surface area contributed by atoms with Gasteiger partial charge < -0.3 is 5.32 Å². The van der Waals surface area contributed by atoms with E-state index in [9.17, 15) is 31.5 Å². The Hall–Kier alpha value is -3.86. The van der Waals surface area contributed by atoms with Crippen LogP contribution >= 0.6 is 12.6 Å². The van der Waals surface area contributed by atoms with Gasteiger partial charge in [-0.05, 0) is 54.1 Å². The lowest BCUT2D eigenvalue weighted by molar-refractivity contribution is -0.137. The molecule has 0 aliphatic heterocycles. The van der Waals surface area contributed by atoms with Crippen LogP contribution in [-0.2, 0) is 12.7 Å². The minimum absolute atomic E-state index is 0.175. The van der Waals surface area contributed by atoms with Crippen LogP contribution in [0.25, 0.3) is 5.69 Å². The Morgan fingerprint density at radius 1 is 0.943 bits per heavy atom. The Bertz CT molecular complexity index is 1440. The molecule has 0 unspecified atom stereocenters. The molecule has 35 heavy (non-hydrogen) atoms. The smallest absolute Gasteiger partial charge is 0.322 e. The molecule has 1 aromatic heterocycles. The van der Waals surface area contributed by atoms with E-state index in [1.807, 2.05) is 0 Å². The first-order valence-corrected chi connectivity index (χ1v) is 10.5. The van der Waals surface area contributed by atoms with Crippen LogP contribution in [-0.4, -0.2) is 15.3 Å². The minimum Gasteiger partial charge on any atom is -0.322 e. The number of carbonyl (C=O) groups excluding carboxylic acids is 1. The molecule has 1 heterocycles. The van der Waals surface area contributed by atoms with E-state index in [-0.39, 0.29) is 17.8 Å². The maximum atomic E-state index is 14.6. The normalized spacial score (nSPS) is 11.5. The second-order valence-electron chi connectivity index (χ2n) is 7.55. The predicted molar refractivity (Wildman–Crippen MR) is 122 cm³/mol. The molecule has 4 aromatic rings. The van der Waals surface area contributed by atoms with E-state index in [2.05, 4.69) is 17.9 Å². The second kappa shape index (κ2) is 9.41. The number of nitrogens with zero attached hydrogens (tertiary/aromatic N) is 2. The molecule has 0 fully saturated rings. The number of carbonyl (C=O) groups is 1. The van der Waals surface area contributed by atoms with Gasteiger partial charge in [0.2, 0.25) is 0 Å². The molecule has 1 N–H and O–H groups in total. The van der Waals surface area contributed by atoms with Crippen LogP contribution < -0.4 is 10.9 Å². The van der Waals surface area contributed by atoms with Crippen molar-refractivity contribution in [3.63, 3.8) is 0 Å². The van der Waals surface area contributed by atoms with E-state index in [0.29, 0.717) is 22.2 Å². The van der Waals surface area contributed by atoms with E-state index >= 15 is 0 Å². The lowest BCUT2D eigenvalue weighted by Crippen LogP contribution is -2.26. The summed E-state index contributed by atoms with van der Waals surface area (Å²) in [6.45, 7) is -0.175. The molecule has 3 aromatic carbocycles. The molecular formula is C24H16F5N3O2S. The molecule has 0 bridgehead atoms. The van der Waals surface area contributed by atoms with Crippen molar-refractivity contribution in [2.45, 2.75) is 17.6 Å². The molecular weight excluding hydrogens is 489 g/mol. The van der Waals surface area contributed by atoms with Crippen molar-refractivity contribution in [2.24, 2.45) is 0 Å². The van der Waals surface area contributed by atoms with E-state index in [4.69, 9.17) is 0 Å². The van der Waals surface area contributed by atoms with Gasteiger partial charge in [0.05, 0.1) is 12.1 Å². The lowest BCUT2D eigenvalue weighted by Gasteiger charge is -2.13. The summed E-state index contributed by atoms with van der Waals surface area (Å²) in [5.41, 5.74) is -1.71. The topological polar surface area (TPSA) is 56.0 Å². The van der Waals surface area contributed by atoms with Gasteiger partial charge in [0, 0.05) is 22.8 Å². The Labute approximate surface area is 200 Å². The maximum absolute atomic E-state index is 14.6. The standard InChI is InChI=1S/C24H16F5N3O2S/c25-16-5-10-21(20(26)11-16)32-23(34)19(22(33)30-17-6-8-18(35)9-7-17)13-31(32)12-14-1-3-15(4-2-14)24(27,28)29/h1-11,13,35H,12H2,(H,30,33). The number of benzene rings is 3. The number of rotatable bonds is 5. The van der Waals surface area contributed by atoms with Gasteiger partial charge >= 0.3 is 6.18 Å². The first-order chi connectivity index (χ1) is 16.5. The first kappa shape index (κ1) is 24.3. The molecule has 0 saturated carbocycles. The van der Waals surface area contributed by atoms with Gasteiger partial charge in [-0.15, -0.1) is 12.6 Å². The van der Waals surface area contributed by atoms with E-state index < -0.39 is 34.8 Å². The molecule has 180 valence electrons. The SMILES string of the molecule is O=C(Nc1ccc(S)cc1)c1cn(Cc2ccc(C(F)(F)F)cc2)n(-c2ccc(F)cc2F)c1=O. The monoisotopic (exact) mass is 505 g/mol. The zero-order valence-corrected chi connectivity index (χ0v) is 18.6. The summed E-state index contributed by atoms with van der Waals surface area (Å²) in [4.78, 5) is 26.6. The van der Waals surface area contributed by atoms with Crippen LogP contribution in [0.1, 0.15) is 21.5 Å². The van der Waals surface area contributed by atoms with Crippen LogP contribution in [0.15, 0.2) is 82.6 Å². The minimum atomic E-state index is -4.53. The number of hydrogen-bond donors (Lipinski definition) is 2. The Balaban J connectivity index is 1.76. The highest BCUT2D eigenvalue weighted by Crippen LogP contribution is 2.29. The van der Waals surface area contributed by atoms with Crippen LogP contribution in [0.5, 0.6) is 0 Å². The Morgan fingerprint density at radius 2 is 1.60 bits per heavy atom. The van der Waals surface area contributed by atoms with Gasteiger partial charge in [-0.1, -0.05) is 12.1 Å². The van der Waals surface area contributed by atoms with Crippen molar-refractivity contribution in [2.75, 3.05) is 5.32 Å². The van der Waals surface area contributed by atoms with E-state index in [1.54, 1.807) is 24.3 Å². The van der Waals surface area contributed by atoms with E-state index in [0.717, 1.165) is 35.1 Å². The molecule has 4 rings (SSSR count). The number of thiol groups is 1. The average molecular weight is 505 g/mol. The molecule has 0 aliphatic rings. The molecule has 1 amide bonds. The number of anilines is 1. The largest absolute Gasteiger partial charge is 0.416 e. The fourth-order valence-electron chi connectivity index (χ4n) is 3.40. The third kappa shape index (κ3) is 5.29. The quantitative estimate of drug-likeness (QED) is 0.277. The highest BCUT2D eigenvalue weighted by molar-refractivity contribution is 7.80. The Kier molecular flexibility index (Phi) is 6.53. The van der Waals surface area contributed by atoms with Gasteiger partial charge in [-0.25, -0.2) is 13.5 Å². The summed E-state index contributed by atoms with van der Waals surface area (Å²) in [5.74, 6) is -2.72. The molecule has 0 aliphatic carbocycles. The maximum Gasteiger partial charge on any atom is 0.416 e. The van der Waals surface area contributed by atoms with Crippen molar-refractivity contribution in [3.05, 3.63) is 112 Å². The summed E-state index contributed by atoms with van der Waals surface area (Å²) in [6, 6.07) is 13.1. The zero-order chi connectivity index (χ0) is 25.3. The van der Waals surface area contributed by atoms with Gasteiger partial charge in [-0.2, -0.15) is 13.2 Å². The number of aromatic nitrogens is 2. The van der Waals surface area contributed by atoms with E-state index in [1.165, 1.54) is 16.8 Å². The zero-order valence-electron chi connectivity index (χ0n) is 17.7. The second-order valence-corrected chi connectivity index (χ2v) is 8.07. The number of hydrogen-bond acceptors (Lipinski definition) is 3. The van der Waals surface area contributed by atoms with Crippen molar-refractivity contribution in [1.29, 1.82) is 0 Å². The first-order valence-electron chi connectivity index (χ1n) is 10.1. The fourth-order valence-corrected chi connectivity index (χ4v) is 3.54. The summed E-state index contributed by atoms with van der Waals surface area (Å²) in [6.07, 6.45) is -3.37. The summed E-state index contributed by atoms with van der Waals surface area (Å²) >= 11 is 4.16. The average Bonchev–Trinajstić information content (AvgIpc) is 3.11.